The fourth-order valence-electron chi connectivity index (χ4n) is 2.68. The predicted molar refractivity (Wildman–Crippen MR) is 74.5 cm³/mol. The van der Waals surface area contributed by atoms with E-state index >= 15 is 0 Å². The zero-order chi connectivity index (χ0) is 14.1. The number of nitro groups is 1. The van der Waals surface area contributed by atoms with Crippen molar-refractivity contribution in [2.75, 3.05) is 23.8 Å². The number of anilines is 2. The van der Waals surface area contributed by atoms with Gasteiger partial charge in [0.15, 0.2) is 0 Å². The number of fused-ring (bicyclic) bond motifs is 1. The van der Waals surface area contributed by atoms with Crippen LogP contribution in [0.3, 0.4) is 0 Å². The van der Waals surface area contributed by atoms with Gasteiger partial charge >= 0.3 is 0 Å². The average molecular weight is 276 g/mol. The summed E-state index contributed by atoms with van der Waals surface area (Å²) in [6, 6.07) is 3.15. The van der Waals surface area contributed by atoms with Crippen molar-refractivity contribution in [1.82, 2.24) is 5.01 Å². The molecule has 20 heavy (non-hydrogen) atoms. The number of nitro benzene ring substituents is 1. The molecule has 1 amide bonds. The Morgan fingerprint density at radius 3 is 2.70 bits per heavy atom. The molecular formula is C13H16N4O3. The van der Waals surface area contributed by atoms with Crippen LogP contribution in [0, 0.1) is 10.1 Å². The van der Waals surface area contributed by atoms with Crippen LogP contribution in [0.4, 0.5) is 17.1 Å². The van der Waals surface area contributed by atoms with Crippen molar-refractivity contribution < 1.29 is 9.72 Å². The number of carbonyl (C=O) groups excluding carboxylic acids is 1. The number of nitrogens with zero attached hydrogens (tertiary/aromatic N) is 2. The molecule has 0 radical (unpaired) electrons. The number of amides is 1. The minimum Gasteiger partial charge on any atom is -0.325 e. The molecule has 3 rings (SSSR count). The first kappa shape index (κ1) is 12.9. The Morgan fingerprint density at radius 2 is 2.00 bits per heavy atom. The van der Waals surface area contributed by atoms with Crippen LogP contribution in [0.15, 0.2) is 12.1 Å². The molecule has 7 heteroatoms. The van der Waals surface area contributed by atoms with Gasteiger partial charge in [-0.15, -0.1) is 0 Å². The molecule has 0 unspecified atom stereocenters. The maximum atomic E-state index is 11.4. The second-order valence-corrected chi connectivity index (χ2v) is 5.17. The maximum absolute atomic E-state index is 11.4. The standard InChI is InChI=1S/C13H16N4O3/c18-13-7-9-6-12(17(19)20)11(8-10(9)14-13)15-16-4-2-1-3-5-16/h6,8,15H,1-5,7H2,(H,14,18). The molecule has 0 bridgehead atoms. The molecule has 7 nitrogen and oxygen atoms in total. The molecule has 0 atom stereocenters. The summed E-state index contributed by atoms with van der Waals surface area (Å²) < 4.78 is 0. The van der Waals surface area contributed by atoms with E-state index in [1.54, 1.807) is 6.07 Å². The van der Waals surface area contributed by atoms with E-state index in [0.29, 0.717) is 16.9 Å². The lowest BCUT2D eigenvalue weighted by atomic mass is 10.1. The van der Waals surface area contributed by atoms with Crippen molar-refractivity contribution in [2.24, 2.45) is 0 Å². The van der Waals surface area contributed by atoms with E-state index in [-0.39, 0.29) is 18.0 Å². The van der Waals surface area contributed by atoms with E-state index in [0.717, 1.165) is 25.9 Å². The Balaban J connectivity index is 1.90. The van der Waals surface area contributed by atoms with Crippen molar-refractivity contribution in [2.45, 2.75) is 25.7 Å². The molecule has 0 spiro atoms. The molecule has 1 saturated heterocycles. The monoisotopic (exact) mass is 276 g/mol. The summed E-state index contributed by atoms with van der Waals surface area (Å²) in [6.07, 6.45) is 3.58. The lowest BCUT2D eigenvalue weighted by Crippen LogP contribution is -2.35. The molecule has 0 saturated carbocycles. The van der Waals surface area contributed by atoms with Crippen LogP contribution in [0.5, 0.6) is 0 Å². The normalized spacial score (nSPS) is 18.5. The average Bonchev–Trinajstić information content (AvgIpc) is 2.78. The lowest BCUT2D eigenvalue weighted by molar-refractivity contribution is -0.384. The first-order valence-corrected chi connectivity index (χ1v) is 6.76. The molecule has 106 valence electrons. The van der Waals surface area contributed by atoms with E-state index in [4.69, 9.17) is 0 Å². The third-order valence-corrected chi connectivity index (χ3v) is 3.68. The van der Waals surface area contributed by atoms with Gasteiger partial charge in [0.25, 0.3) is 5.69 Å². The van der Waals surface area contributed by atoms with Crippen LogP contribution in [0.2, 0.25) is 0 Å². The molecule has 0 aliphatic carbocycles. The van der Waals surface area contributed by atoms with Gasteiger partial charge in [0.2, 0.25) is 5.91 Å². The fourth-order valence-corrected chi connectivity index (χ4v) is 2.68. The van der Waals surface area contributed by atoms with Crippen molar-refractivity contribution in [1.29, 1.82) is 0 Å². The number of hydrazine groups is 1. The molecule has 2 aliphatic heterocycles. The molecule has 0 aromatic heterocycles. The predicted octanol–water partition coefficient (Wildman–Crippen LogP) is 1.90. The van der Waals surface area contributed by atoms with Crippen molar-refractivity contribution in [3.8, 4) is 0 Å². The molecular weight excluding hydrogens is 260 g/mol. The van der Waals surface area contributed by atoms with Crippen LogP contribution >= 0.6 is 0 Å². The van der Waals surface area contributed by atoms with E-state index < -0.39 is 4.92 Å². The van der Waals surface area contributed by atoms with Crippen molar-refractivity contribution >= 4 is 23.0 Å². The van der Waals surface area contributed by atoms with Crippen molar-refractivity contribution in [3.63, 3.8) is 0 Å². The minimum atomic E-state index is -0.407. The first-order valence-electron chi connectivity index (χ1n) is 6.76. The van der Waals surface area contributed by atoms with Gasteiger partial charge in [-0.2, -0.15) is 0 Å². The van der Waals surface area contributed by atoms with Gasteiger partial charge in [-0.3, -0.25) is 14.9 Å². The molecule has 2 N–H and O–H groups in total. The van der Waals surface area contributed by atoms with E-state index in [1.807, 2.05) is 5.01 Å². The van der Waals surface area contributed by atoms with Gasteiger partial charge in [0.05, 0.1) is 11.3 Å². The van der Waals surface area contributed by atoms with Crippen LogP contribution in [-0.2, 0) is 11.2 Å². The largest absolute Gasteiger partial charge is 0.325 e. The molecule has 1 aromatic rings. The number of hydrogen-bond acceptors (Lipinski definition) is 5. The fraction of sp³-hybridized carbons (Fsp3) is 0.462. The number of hydrogen-bond donors (Lipinski definition) is 2. The molecule has 1 aromatic carbocycles. The quantitative estimate of drug-likeness (QED) is 0.650. The van der Waals surface area contributed by atoms with Gasteiger partial charge in [0.1, 0.15) is 5.69 Å². The Labute approximate surface area is 116 Å². The van der Waals surface area contributed by atoms with Gasteiger partial charge in [-0.25, -0.2) is 5.01 Å². The molecule has 1 fully saturated rings. The topological polar surface area (TPSA) is 87.5 Å². The van der Waals surface area contributed by atoms with Gasteiger partial charge in [0, 0.05) is 24.8 Å². The highest BCUT2D eigenvalue weighted by Gasteiger charge is 2.25. The minimum absolute atomic E-state index is 0.0193. The lowest BCUT2D eigenvalue weighted by Gasteiger charge is -2.27. The van der Waals surface area contributed by atoms with Gasteiger partial charge in [-0.05, 0) is 24.5 Å². The summed E-state index contributed by atoms with van der Waals surface area (Å²) in [6.45, 7) is 1.75. The molecule has 2 heterocycles. The third kappa shape index (κ3) is 2.44. The third-order valence-electron chi connectivity index (χ3n) is 3.68. The van der Waals surface area contributed by atoms with E-state index in [2.05, 4.69) is 10.7 Å². The van der Waals surface area contributed by atoms with Crippen LogP contribution < -0.4 is 10.7 Å². The number of carbonyl (C=O) groups is 1. The summed E-state index contributed by atoms with van der Waals surface area (Å²) in [5, 5.41) is 15.9. The first-order chi connectivity index (χ1) is 9.63. The summed E-state index contributed by atoms with van der Waals surface area (Å²) in [7, 11) is 0. The SMILES string of the molecule is O=C1Cc2cc([N+](=O)[O-])c(NN3CCCCC3)cc2N1. The van der Waals surface area contributed by atoms with Crippen LogP contribution in [0.25, 0.3) is 0 Å². The highest BCUT2D eigenvalue weighted by atomic mass is 16.6. The van der Waals surface area contributed by atoms with Gasteiger partial charge < -0.3 is 10.7 Å². The Kier molecular flexibility index (Phi) is 3.27. The van der Waals surface area contributed by atoms with E-state index in [1.165, 1.54) is 12.5 Å². The second-order valence-electron chi connectivity index (χ2n) is 5.17. The van der Waals surface area contributed by atoms with Crippen molar-refractivity contribution in [3.05, 3.63) is 27.8 Å². The second kappa shape index (κ2) is 5.09. The van der Waals surface area contributed by atoms with Crippen LogP contribution in [-0.4, -0.2) is 28.9 Å². The summed E-state index contributed by atoms with van der Waals surface area (Å²) in [5.41, 5.74) is 4.93. The van der Waals surface area contributed by atoms with Crippen LogP contribution in [0.1, 0.15) is 24.8 Å². The Hall–Kier alpha value is -2.15. The number of nitrogens with one attached hydrogen (secondary N) is 2. The van der Waals surface area contributed by atoms with Gasteiger partial charge in [-0.1, -0.05) is 6.42 Å². The summed E-state index contributed by atoms with van der Waals surface area (Å²) in [5.74, 6) is -0.121. The smallest absolute Gasteiger partial charge is 0.294 e. The highest BCUT2D eigenvalue weighted by Crippen LogP contribution is 2.35. The highest BCUT2D eigenvalue weighted by molar-refractivity contribution is 6.00. The zero-order valence-corrected chi connectivity index (χ0v) is 11.0. The maximum Gasteiger partial charge on any atom is 0.294 e. The Bertz CT molecular complexity index is 567. The Morgan fingerprint density at radius 1 is 1.25 bits per heavy atom. The molecule has 2 aliphatic rings. The zero-order valence-electron chi connectivity index (χ0n) is 11.0. The number of piperidine rings is 1. The van der Waals surface area contributed by atoms with E-state index in [9.17, 15) is 14.9 Å². The summed E-state index contributed by atoms with van der Waals surface area (Å²) >= 11 is 0. The summed E-state index contributed by atoms with van der Waals surface area (Å²) in [4.78, 5) is 22.1. The number of benzene rings is 1. The number of rotatable bonds is 3.